The van der Waals surface area contributed by atoms with Crippen molar-refractivity contribution in [3.05, 3.63) is 58.1 Å². The Morgan fingerprint density at radius 3 is 2.84 bits per heavy atom. The molecule has 1 aliphatic rings. The maximum atomic E-state index is 6.31. The molecule has 0 atom stereocenters. The lowest BCUT2D eigenvalue weighted by atomic mass is 10.1. The van der Waals surface area contributed by atoms with E-state index < -0.39 is 0 Å². The summed E-state index contributed by atoms with van der Waals surface area (Å²) < 4.78 is 0. The third-order valence-electron chi connectivity index (χ3n) is 3.67. The Kier molecular flexibility index (Phi) is 3.11. The summed E-state index contributed by atoms with van der Waals surface area (Å²) in [5.74, 6) is 0. The molecule has 1 heterocycles. The summed E-state index contributed by atoms with van der Waals surface area (Å²) in [6.07, 6.45) is 1.06. The standard InChI is InChI=1S/C16H17ClN2/c1-11-2-3-13(15(17)8-11)10-19-7-6-12-9-14(18)4-5-16(12)19/h2-5,8-9H,6-7,10,18H2,1H3. The Morgan fingerprint density at radius 2 is 2.05 bits per heavy atom. The normalized spacial score (nSPS) is 13.7. The van der Waals surface area contributed by atoms with Gasteiger partial charge in [0.1, 0.15) is 0 Å². The SMILES string of the molecule is Cc1ccc(CN2CCc3cc(N)ccc32)c(Cl)c1. The van der Waals surface area contributed by atoms with Crippen LogP contribution >= 0.6 is 11.6 Å². The Bertz CT molecular complexity index is 622. The van der Waals surface area contributed by atoms with Crippen LogP contribution in [0.4, 0.5) is 11.4 Å². The van der Waals surface area contributed by atoms with Crippen LogP contribution in [0.5, 0.6) is 0 Å². The minimum Gasteiger partial charge on any atom is -0.399 e. The first kappa shape index (κ1) is 12.4. The average molecular weight is 273 g/mol. The molecule has 2 aromatic carbocycles. The summed E-state index contributed by atoms with van der Waals surface area (Å²) in [5.41, 5.74) is 11.7. The van der Waals surface area contributed by atoms with E-state index in [0.29, 0.717) is 0 Å². The van der Waals surface area contributed by atoms with E-state index in [4.69, 9.17) is 17.3 Å². The van der Waals surface area contributed by atoms with Crippen molar-refractivity contribution in [2.45, 2.75) is 19.9 Å². The highest BCUT2D eigenvalue weighted by atomic mass is 35.5. The van der Waals surface area contributed by atoms with E-state index in [0.717, 1.165) is 30.2 Å². The molecule has 0 spiro atoms. The second-order valence-corrected chi connectivity index (χ2v) is 5.56. The fraction of sp³-hybridized carbons (Fsp3) is 0.250. The van der Waals surface area contributed by atoms with E-state index in [9.17, 15) is 0 Å². The number of rotatable bonds is 2. The van der Waals surface area contributed by atoms with Crippen molar-refractivity contribution in [3.63, 3.8) is 0 Å². The van der Waals surface area contributed by atoms with Gasteiger partial charge in [0.25, 0.3) is 0 Å². The van der Waals surface area contributed by atoms with Crippen LogP contribution < -0.4 is 10.6 Å². The van der Waals surface area contributed by atoms with Crippen molar-refractivity contribution in [3.8, 4) is 0 Å². The number of hydrogen-bond acceptors (Lipinski definition) is 2. The molecule has 0 fully saturated rings. The molecular formula is C16H17ClN2. The summed E-state index contributed by atoms with van der Waals surface area (Å²) in [7, 11) is 0. The molecular weight excluding hydrogens is 256 g/mol. The zero-order chi connectivity index (χ0) is 13.4. The Hall–Kier alpha value is -1.67. The Morgan fingerprint density at radius 1 is 1.21 bits per heavy atom. The molecule has 0 amide bonds. The van der Waals surface area contributed by atoms with Crippen LogP contribution in [0.15, 0.2) is 36.4 Å². The number of halogens is 1. The number of aryl methyl sites for hydroxylation is 1. The maximum Gasteiger partial charge on any atom is 0.0458 e. The van der Waals surface area contributed by atoms with Gasteiger partial charge >= 0.3 is 0 Å². The van der Waals surface area contributed by atoms with Crippen molar-refractivity contribution in [2.75, 3.05) is 17.2 Å². The van der Waals surface area contributed by atoms with Gasteiger partial charge in [-0.2, -0.15) is 0 Å². The van der Waals surface area contributed by atoms with Crippen molar-refractivity contribution in [2.24, 2.45) is 0 Å². The van der Waals surface area contributed by atoms with Gasteiger partial charge in [0.05, 0.1) is 0 Å². The summed E-state index contributed by atoms with van der Waals surface area (Å²) in [6, 6.07) is 12.4. The van der Waals surface area contributed by atoms with Crippen molar-refractivity contribution < 1.29 is 0 Å². The third kappa shape index (κ3) is 2.41. The number of benzene rings is 2. The molecule has 0 saturated heterocycles. The molecule has 0 radical (unpaired) electrons. The van der Waals surface area contributed by atoms with Crippen LogP contribution in [0.3, 0.4) is 0 Å². The minimum absolute atomic E-state index is 0.842. The van der Waals surface area contributed by atoms with Crippen molar-refractivity contribution in [1.82, 2.24) is 0 Å². The van der Waals surface area contributed by atoms with Crippen LogP contribution in [0.1, 0.15) is 16.7 Å². The largest absolute Gasteiger partial charge is 0.399 e. The average Bonchev–Trinajstić information content (AvgIpc) is 2.75. The zero-order valence-corrected chi connectivity index (χ0v) is 11.7. The van der Waals surface area contributed by atoms with Crippen LogP contribution in [0.2, 0.25) is 5.02 Å². The molecule has 1 aliphatic heterocycles. The molecule has 0 aliphatic carbocycles. The van der Waals surface area contributed by atoms with Crippen molar-refractivity contribution in [1.29, 1.82) is 0 Å². The van der Waals surface area contributed by atoms with E-state index in [-0.39, 0.29) is 0 Å². The molecule has 2 aromatic rings. The maximum absolute atomic E-state index is 6.31. The van der Waals surface area contributed by atoms with Gasteiger partial charge in [-0.25, -0.2) is 0 Å². The number of hydrogen-bond donors (Lipinski definition) is 1. The molecule has 19 heavy (non-hydrogen) atoms. The van der Waals surface area contributed by atoms with Crippen LogP contribution in [0.25, 0.3) is 0 Å². The molecule has 3 rings (SSSR count). The highest BCUT2D eigenvalue weighted by molar-refractivity contribution is 6.31. The molecule has 0 aromatic heterocycles. The van der Waals surface area contributed by atoms with Gasteiger partial charge < -0.3 is 10.6 Å². The van der Waals surface area contributed by atoms with Crippen molar-refractivity contribution >= 4 is 23.0 Å². The van der Waals surface area contributed by atoms with Gasteiger partial charge in [-0.15, -0.1) is 0 Å². The summed E-state index contributed by atoms with van der Waals surface area (Å²) in [6.45, 7) is 3.95. The highest BCUT2D eigenvalue weighted by Crippen LogP contribution is 2.32. The number of nitrogen functional groups attached to an aromatic ring is 1. The molecule has 2 N–H and O–H groups in total. The molecule has 98 valence electrons. The van der Waals surface area contributed by atoms with Crippen LogP contribution in [-0.4, -0.2) is 6.54 Å². The zero-order valence-electron chi connectivity index (χ0n) is 11.0. The lowest BCUT2D eigenvalue weighted by Crippen LogP contribution is -2.19. The Balaban J connectivity index is 1.86. The van der Waals surface area contributed by atoms with E-state index in [2.05, 4.69) is 36.1 Å². The molecule has 3 heteroatoms. The molecule has 0 bridgehead atoms. The van der Waals surface area contributed by atoms with E-state index in [1.807, 2.05) is 12.1 Å². The van der Waals surface area contributed by atoms with Gasteiger partial charge in [0.15, 0.2) is 0 Å². The lowest BCUT2D eigenvalue weighted by Gasteiger charge is -2.20. The van der Waals surface area contributed by atoms with E-state index in [1.54, 1.807) is 0 Å². The first-order chi connectivity index (χ1) is 9.13. The van der Waals surface area contributed by atoms with E-state index >= 15 is 0 Å². The summed E-state index contributed by atoms with van der Waals surface area (Å²) >= 11 is 6.31. The topological polar surface area (TPSA) is 29.3 Å². The number of fused-ring (bicyclic) bond motifs is 1. The fourth-order valence-corrected chi connectivity index (χ4v) is 2.94. The van der Waals surface area contributed by atoms with E-state index in [1.165, 1.54) is 22.4 Å². The predicted molar refractivity (Wildman–Crippen MR) is 81.8 cm³/mol. The number of anilines is 2. The molecule has 0 unspecified atom stereocenters. The fourth-order valence-electron chi connectivity index (χ4n) is 2.64. The van der Waals surface area contributed by atoms with Gasteiger partial charge in [-0.05, 0) is 54.3 Å². The third-order valence-corrected chi connectivity index (χ3v) is 4.02. The highest BCUT2D eigenvalue weighted by Gasteiger charge is 2.19. The first-order valence-corrected chi connectivity index (χ1v) is 6.89. The predicted octanol–water partition coefficient (Wildman–Crippen LogP) is 3.79. The lowest BCUT2D eigenvalue weighted by molar-refractivity contribution is 0.836. The second-order valence-electron chi connectivity index (χ2n) is 5.15. The van der Waals surface area contributed by atoms with Gasteiger partial charge in [0.2, 0.25) is 0 Å². The smallest absolute Gasteiger partial charge is 0.0458 e. The van der Waals surface area contributed by atoms with Crippen LogP contribution in [-0.2, 0) is 13.0 Å². The Labute approximate surface area is 118 Å². The minimum atomic E-state index is 0.842. The summed E-state index contributed by atoms with van der Waals surface area (Å²) in [4.78, 5) is 2.37. The quantitative estimate of drug-likeness (QED) is 0.843. The first-order valence-electron chi connectivity index (χ1n) is 6.52. The van der Waals surface area contributed by atoms with Crippen LogP contribution in [0, 0.1) is 6.92 Å². The number of nitrogens with zero attached hydrogens (tertiary/aromatic N) is 1. The summed E-state index contributed by atoms with van der Waals surface area (Å²) in [5, 5.41) is 0.851. The van der Waals surface area contributed by atoms with Gasteiger partial charge in [-0.1, -0.05) is 23.7 Å². The molecule has 2 nitrogen and oxygen atoms in total. The van der Waals surface area contributed by atoms with Gasteiger partial charge in [-0.3, -0.25) is 0 Å². The molecule has 0 saturated carbocycles. The monoisotopic (exact) mass is 272 g/mol. The second kappa shape index (κ2) is 4.78. The van der Waals surface area contributed by atoms with Gasteiger partial charge in [0, 0.05) is 29.5 Å². The number of nitrogens with two attached hydrogens (primary N) is 1.